The van der Waals surface area contributed by atoms with Crippen LogP contribution in [-0.4, -0.2) is 34.2 Å². The van der Waals surface area contributed by atoms with Gasteiger partial charge in [0.15, 0.2) is 0 Å². The second-order valence-electron chi connectivity index (χ2n) is 2.86. The molecule has 0 aromatic heterocycles. The Labute approximate surface area is 86.0 Å². The summed E-state index contributed by atoms with van der Waals surface area (Å²) >= 11 is 0. The number of hydrogen-bond acceptors (Lipinski definition) is 4. The molecule has 0 bridgehead atoms. The first-order valence-electron chi connectivity index (χ1n) is 4.50. The second-order valence-corrected chi connectivity index (χ2v) is 2.86. The maximum absolute atomic E-state index is 9.91. The Balaban J connectivity index is 0.000000124. The zero-order chi connectivity index (χ0) is 10.5. The fourth-order valence-electron chi connectivity index (χ4n) is 1.13. The van der Waals surface area contributed by atoms with E-state index in [4.69, 9.17) is 0 Å². The highest BCUT2D eigenvalue weighted by atomic mass is 16.6. The number of fused-ring (bicyclic) bond motifs is 1. The molecule has 3 heterocycles. The van der Waals surface area contributed by atoms with Crippen LogP contribution < -0.4 is 5.32 Å². The summed E-state index contributed by atoms with van der Waals surface area (Å²) in [4.78, 5) is 20.8. The Morgan fingerprint density at radius 2 is 2.40 bits per heavy atom. The maximum Gasteiger partial charge on any atom is 0.407 e. The second kappa shape index (κ2) is 4.41. The number of nitrogens with one attached hydrogen (secondary N) is 2. The van der Waals surface area contributed by atoms with Crippen molar-refractivity contribution >= 4 is 6.09 Å². The normalized spacial score (nSPS) is 14.0. The van der Waals surface area contributed by atoms with E-state index in [9.17, 15) is 4.79 Å². The molecule has 3 aliphatic rings. The van der Waals surface area contributed by atoms with Crippen molar-refractivity contribution in [3.05, 3.63) is 24.8 Å². The third kappa shape index (κ3) is 2.43. The number of rotatable bonds is 0. The predicted octanol–water partition coefficient (Wildman–Crippen LogP) is 0.636. The molecular formula is C9H10N4O2. The van der Waals surface area contributed by atoms with Gasteiger partial charge in [-0.05, 0) is 6.07 Å². The zero-order valence-electron chi connectivity index (χ0n) is 7.93. The zero-order valence-corrected chi connectivity index (χ0v) is 7.93. The Kier molecular flexibility index (Phi) is 2.77. The quantitative estimate of drug-likeness (QED) is 0.662. The molecule has 1 saturated heterocycles. The van der Waals surface area contributed by atoms with Crippen LogP contribution in [0.1, 0.15) is 0 Å². The number of aromatic amines is 1. The molecule has 3 aliphatic heterocycles. The minimum Gasteiger partial charge on any atom is -0.448 e. The van der Waals surface area contributed by atoms with Crippen LogP contribution in [0.25, 0.3) is 11.4 Å². The molecule has 0 saturated carbocycles. The predicted molar refractivity (Wildman–Crippen MR) is 52.4 cm³/mol. The third-order valence-electron chi connectivity index (χ3n) is 1.83. The van der Waals surface area contributed by atoms with E-state index >= 15 is 0 Å². The number of alkyl carbamates (subject to hydrolysis) is 1. The minimum atomic E-state index is -0.296. The van der Waals surface area contributed by atoms with Gasteiger partial charge >= 0.3 is 6.09 Å². The standard InChI is InChI=1S/C6H5N3.C3H5NO2/c1-2-8-6-3-7-4-9-5(1)6;5-3-4-1-2-6-3/h1-4H,(H,7,9);1-2H2,(H,4,5). The molecule has 1 fully saturated rings. The Morgan fingerprint density at radius 1 is 1.47 bits per heavy atom. The summed E-state index contributed by atoms with van der Waals surface area (Å²) < 4.78 is 4.40. The number of ether oxygens (including phenoxy) is 1. The van der Waals surface area contributed by atoms with Crippen LogP contribution in [0.2, 0.25) is 0 Å². The smallest absolute Gasteiger partial charge is 0.407 e. The summed E-state index contributed by atoms with van der Waals surface area (Å²) in [6, 6.07) is 1.91. The van der Waals surface area contributed by atoms with Gasteiger partial charge in [0.2, 0.25) is 0 Å². The summed E-state index contributed by atoms with van der Waals surface area (Å²) in [7, 11) is 0. The molecule has 15 heavy (non-hydrogen) atoms. The third-order valence-corrected chi connectivity index (χ3v) is 1.83. The van der Waals surface area contributed by atoms with Gasteiger partial charge in [-0.3, -0.25) is 4.98 Å². The molecule has 0 aromatic carbocycles. The Morgan fingerprint density at radius 3 is 3.00 bits per heavy atom. The number of nitrogens with zero attached hydrogens (tertiary/aromatic N) is 2. The lowest BCUT2D eigenvalue weighted by atomic mass is 10.3. The minimum absolute atomic E-state index is 0.296. The number of hydrogen-bond donors (Lipinski definition) is 2. The molecule has 6 heteroatoms. The molecule has 3 rings (SSSR count). The largest absolute Gasteiger partial charge is 0.448 e. The monoisotopic (exact) mass is 206 g/mol. The Bertz CT molecular complexity index is 379. The average Bonchev–Trinajstić information content (AvgIpc) is 2.88. The fourth-order valence-corrected chi connectivity index (χ4v) is 1.13. The first kappa shape index (κ1) is 9.45. The van der Waals surface area contributed by atoms with E-state index in [2.05, 4.69) is 25.0 Å². The van der Waals surface area contributed by atoms with Crippen LogP contribution in [0, 0.1) is 0 Å². The topological polar surface area (TPSA) is 79.9 Å². The fraction of sp³-hybridized carbons (Fsp3) is 0.222. The lowest BCUT2D eigenvalue weighted by Crippen LogP contribution is -2.11. The molecular weight excluding hydrogens is 196 g/mol. The molecule has 0 aromatic rings. The Hall–Kier alpha value is -2.11. The van der Waals surface area contributed by atoms with Crippen molar-refractivity contribution in [2.45, 2.75) is 0 Å². The molecule has 6 nitrogen and oxygen atoms in total. The highest BCUT2D eigenvalue weighted by Gasteiger charge is 2.06. The first-order chi connectivity index (χ1) is 7.36. The summed E-state index contributed by atoms with van der Waals surface area (Å²) in [5.41, 5.74) is 1.95. The van der Waals surface area contributed by atoms with Crippen molar-refractivity contribution in [2.75, 3.05) is 13.2 Å². The van der Waals surface area contributed by atoms with Crippen LogP contribution in [0.15, 0.2) is 24.8 Å². The van der Waals surface area contributed by atoms with Crippen molar-refractivity contribution in [1.82, 2.24) is 20.3 Å². The van der Waals surface area contributed by atoms with E-state index in [-0.39, 0.29) is 6.09 Å². The van der Waals surface area contributed by atoms with E-state index < -0.39 is 0 Å². The number of cyclic esters (lactones) is 1. The van der Waals surface area contributed by atoms with Gasteiger partial charge < -0.3 is 15.0 Å². The van der Waals surface area contributed by atoms with Gasteiger partial charge in [0.05, 0.1) is 24.8 Å². The van der Waals surface area contributed by atoms with Crippen LogP contribution >= 0.6 is 0 Å². The van der Waals surface area contributed by atoms with Gasteiger partial charge in [-0.15, -0.1) is 0 Å². The number of H-pyrrole nitrogens is 1. The molecule has 0 atom stereocenters. The molecule has 78 valence electrons. The van der Waals surface area contributed by atoms with E-state index in [1.165, 1.54) is 0 Å². The van der Waals surface area contributed by atoms with Crippen LogP contribution in [0.4, 0.5) is 4.79 Å². The SMILES string of the molecule is O=C1NCCO1.c1cc2[nH]cncc-2n1. The first-order valence-corrected chi connectivity index (χ1v) is 4.50. The van der Waals surface area contributed by atoms with E-state index in [1.54, 1.807) is 18.7 Å². The molecule has 1 amide bonds. The van der Waals surface area contributed by atoms with Crippen LogP contribution in [0.3, 0.4) is 0 Å². The molecule has 0 aliphatic carbocycles. The highest BCUT2D eigenvalue weighted by molar-refractivity contribution is 5.68. The van der Waals surface area contributed by atoms with Gasteiger partial charge in [-0.2, -0.15) is 0 Å². The number of carbonyl (C=O) groups excluding carboxylic acids is 1. The van der Waals surface area contributed by atoms with Crippen LogP contribution in [0.5, 0.6) is 0 Å². The summed E-state index contributed by atoms with van der Waals surface area (Å²) in [6.45, 7) is 1.19. The molecule has 0 radical (unpaired) electrons. The van der Waals surface area contributed by atoms with Crippen molar-refractivity contribution < 1.29 is 9.53 Å². The molecule has 2 N–H and O–H groups in total. The van der Waals surface area contributed by atoms with E-state index in [1.807, 2.05) is 6.07 Å². The van der Waals surface area contributed by atoms with Gasteiger partial charge in [0.1, 0.15) is 12.3 Å². The van der Waals surface area contributed by atoms with E-state index in [0.29, 0.717) is 13.2 Å². The molecule has 0 unspecified atom stereocenters. The van der Waals surface area contributed by atoms with Crippen molar-refractivity contribution in [2.24, 2.45) is 0 Å². The average molecular weight is 206 g/mol. The van der Waals surface area contributed by atoms with Gasteiger partial charge in [0, 0.05) is 6.20 Å². The lowest BCUT2D eigenvalue weighted by molar-refractivity contribution is 0.178. The summed E-state index contributed by atoms with van der Waals surface area (Å²) in [6.07, 6.45) is 4.83. The van der Waals surface area contributed by atoms with E-state index in [0.717, 1.165) is 11.4 Å². The molecule has 0 spiro atoms. The summed E-state index contributed by atoms with van der Waals surface area (Å²) in [5, 5.41) is 2.46. The van der Waals surface area contributed by atoms with Gasteiger partial charge in [-0.25, -0.2) is 9.78 Å². The van der Waals surface area contributed by atoms with Gasteiger partial charge in [-0.1, -0.05) is 0 Å². The number of amides is 1. The van der Waals surface area contributed by atoms with Crippen molar-refractivity contribution in [1.29, 1.82) is 0 Å². The highest BCUT2D eigenvalue weighted by Crippen LogP contribution is 2.12. The van der Waals surface area contributed by atoms with Crippen molar-refractivity contribution in [3.8, 4) is 11.4 Å². The van der Waals surface area contributed by atoms with Crippen molar-refractivity contribution in [3.63, 3.8) is 0 Å². The van der Waals surface area contributed by atoms with Gasteiger partial charge in [0.25, 0.3) is 0 Å². The lowest BCUT2D eigenvalue weighted by Gasteiger charge is -1.91. The number of carbonyl (C=O) groups is 1. The summed E-state index contributed by atoms with van der Waals surface area (Å²) in [5.74, 6) is 0. The number of aromatic nitrogens is 3. The maximum atomic E-state index is 9.91. The van der Waals surface area contributed by atoms with Crippen LogP contribution in [-0.2, 0) is 4.74 Å².